The molecule has 0 fully saturated rings. The van der Waals surface area contributed by atoms with Crippen molar-refractivity contribution in [3.05, 3.63) is 35.9 Å². The topological polar surface area (TPSA) is 18.5 Å². The van der Waals surface area contributed by atoms with E-state index >= 15 is 0 Å². The van der Waals surface area contributed by atoms with Crippen LogP contribution in [0.4, 0.5) is 0 Å². The van der Waals surface area contributed by atoms with Gasteiger partial charge >= 0.3 is 0 Å². The summed E-state index contributed by atoms with van der Waals surface area (Å²) in [5.41, 5.74) is 1.22. The number of ether oxygens (including phenoxy) is 2. The van der Waals surface area contributed by atoms with Crippen molar-refractivity contribution >= 4 is 8.07 Å². The highest BCUT2D eigenvalue weighted by Gasteiger charge is 2.11. The molecule has 0 unspecified atom stereocenters. The van der Waals surface area contributed by atoms with E-state index in [0.717, 1.165) is 6.61 Å². The minimum absolute atomic E-state index is 0.679. The van der Waals surface area contributed by atoms with Crippen molar-refractivity contribution in [2.24, 2.45) is 0 Å². The van der Waals surface area contributed by atoms with Gasteiger partial charge in [0, 0.05) is 14.7 Å². The molecule has 3 heteroatoms. The molecule has 0 spiro atoms. The monoisotopic (exact) mass is 252 g/mol. The Balaban J connectivity index is 1.95. The molecule has 0 saturated heterocycles. The summed E-state index contributed by atoms with van der Waals surface area (Å²) in [5, 5.41) is 0. The third kappa shape index (κ3) is 8.13. The second-order valence-corrected chi connectivity index (χ2v) is 11.1. The van der Waals surface area contributed by atoms with Gasteiger partial charge in [-0.15, -0.1) is 0 Å². The van der Waals surface area contributed by atoms with Crippen LogP contribution < -0.4 is 0 Å². The minimum atomic E-state index is -0.944. The molecule has 0 aromatic heterocycles. The van der Waals surface area contributed by atoms with Crippen LogP contribution in [0.25, 0.3) is 0 Å². The Hall–Kier alpha value is -0.643. The number of hydrogen-bond acceptors (Lipinski definition) is 2. The molecule has 0 N–H and O–H groups in total. The van der Waals surface area contributed by atoms with E-state index in [9.17, 15) is 0 Å². The summed E-state index contributed by atoms with van der Waals surface area (Å²) >= 11 is 0. The summed E-state index contributed by atoms with van der Waals surface area (Å²) in [6.45, 7) is 10.0. The average Bonchev–Trinajstić information content (AvgIpc) is 2.28. The van der Waals surface area contributed by atoms with Gasteiger partial charge in [-0.25, -0.2) is 0 Å². The molecule has 0 heterocycles. The zero-order chi connectivity index (χ0) is 12.6. The zero-order valence-electron chi connectivity index (χ0n) is 11.2. The average molecular weight is 252 g/mol. The molecule has 1 rings (SSSR count). The fourth-order valence-corrected chi connectivity index (χ4v) is 2.12. The summed E-state index contributed by atoms with van der Waals surface area (Å²) in [7, 11) is -0.944. The van der Waals surface area contributed by atoms with Gasteiger partial charge in [-0.05, 0) is 11.6 Å². The van der Waals surface area contributed by atoms with Crippen LogP contribution in [0.3, 0.4) is 0 Å². The maximum atomic E-state index is 5.56. The summed E-state index contributed by atoms with van der Waals surface area (Å²) < 4.78 is 11.1. The Morgan fingerprint density at radius 2 is 1.53 bits per heavy atom. The van der Waals surface area contributed by atoms with Crippen LogP contribution in [0, 0.1) is 0 Å². The van der Waals surface area contributed by atoms with Gasteiger partial charge in [0.05, 0.1) is 19.8 Å². The van der Waals surface area contributed by atoms with Crippen LogP contribution in [0.1, 0.15) is 5.56 Å². The van der Waals surface area contributed by atoms with Gasteiger partial charge in [0.25, 0.3) is 0 Å². The SMILES string of the molecule is C[Si](C)(C)CCOCCOCc1ccccc1. The van der Waals surface area contributed by atoms with E-state index < -0.39 is 8.07 Å². The second kappa shape index (κ2) is 7.64. The lowest BCUT2D eigenvalue weighted by atomic mass is 10.2. The molecule has 17 heavy (non-hydrogen) atoms. The fourth-order valence-electron chi connectivity index (χ4n) is 1.36. The van der Waals surface area contributed by atoms with Crippen LogP contribution in [0.15, 0.2) is 30.3 Å². The van der Waals surface area contributed by atoms with Gasteiger partial charge in [0.1, 0.15) is 0 Å². The van der Waals surface area contributed by atoms with Gasteiger partial charge < -0.3 is 9.47 Å². The van der Waals surface area contributed by atoms with E-state index in [1.165, 1.54) is 11.6 Å². The third-order valence-electron chi connectivity index (χ3n) is 2.48. The first-order valence-electron chi connectivity index (χ1n) is 6.27. The predicted molar refractivity (Wildman–Crippen MR) is 75.1 cm³/mol. The lowest BCUT2D eigenvalue weighted by Gasteiger charge is -2.15. The maximum absolute atomic E-state index is 5.56. The molecule has 0 radical (unpaired) electrons. The molecule has 0 amide bonds. The van der Waals surface area contributed by atoms with E-state index in [0.29, 0.717) is 19.8 Å². The molecule has 0 aliphatic rings. The molecule has 96 valence electrons. The van der Waals surface area contributed by atoms with Crippen LogP contribution in [0.2, 0.25) is 25.7 Å². The second-order valence-electron chi connectivity index (χ2n) is 5.46. The lowest BCUT2D eigenvalue weighted by Crippen LogP contribution is -2.22. The molecule has 0 saturated carbocycles. The fraction of sp³-hybridized carbons (Fsp3) is 0.571. The Morgan fingerprint density at radius 1 is 0.882 bits per heavy atom. The first kappa shape index (κ1) is 14.4. The van der Waals surface area contributed by atoms with Crippen LogP contribution in [-0.2, 0) is 16.1 Å². The van der Waals surface area contributed by atoms with E-state index in [-0.39, 0.29) is 0 Å². The quantitative estimate of drug-likeness (QED) is 0.520. The minimum Gasteiger partial charge on any atom is -0.379 e. The van der Waals surface area contributed by atoms with Gasteiger partial charge in [-0.1, -0.05) is 50.0 Å². The standard InChI is InChI=1S/C14H24O2Si/c1-17(2,3)12-11-15-9-10-16-13-14-7-5-4-6-8-14/h4-8H,9-13H2,1-3H3. The Labute approximate surface area is 106 Å². The molecular weight excluding hydrogens is 228 g/mol. The Morgan fingerprint density at radius 3 is 2.18 bits per heavy atom. The summed E-state index contributed by atoms with van der Waals surface area (Å²) in [4.78, 5) is 0. The first-order chi connectivity index (χ1) is 8.08. The third-order valence-corrected chi connectivity index (χ3v) is 4.18. The van der Waals surface area contributed by atoms with Gasteiger partial charge in [-0.3, -0.25) is 0 Å². The molecule has 1 aromatic rings. The summed E-state index contributed by atoms with van der Waals surface area (Å²) in [5.74, 6) is 0. The smallest absolute Gasteiger partial charge is 0.0718 e. The molecule has 0 aliphatic heterocycles. The van der Waals surface area contributed by atoms with Crippen LogP contribution >= 0.6 is 0 Å². The number of rotatable bonds is 8. The summed E-state index contributed by atoms with van der Waals surface area (Å²) in [6, 6.07) is 11.5. The highest BCUT2D eigenvalue weighted by atomic mass is 28.3. The van der Waals surface area contributed by atoms with Gasteiger partial charge in [0.2, 0.25) is 0 Å². The van der Waals surface area contributed by atoms with Crippen molar-refractivity contribution in [2.45, 2.75) is 32.3 Å². The molecule has 2 nitrogen and oxygen atoms in total. The summed E-state index contributed by atoms with van der Waals surface area (Å²) in [6.07, 6.45) is 0. The number of benzene rings is 1. The highest BCUT2D eigenvalue weighted by Crippen LogP contribution is 2.07. The van der Waals surface area contributed by atoms with Crippen LogP contribution in [-0.4, -0.2) is 27.9 Å². The zero-order valence-corrected chi connectivity index (χ0v) is 12.2. The largest absolute Gasteiger partial charge is 0.379 e. The maximum Gasteiger partial charge on any atom is 0.0718 e. The van der Waals surface area contributed by atoms with Crippen molar-refractivity contribution in [1.29, 1.82) is 0 Å². The molecule has 0 atom stereocenters. The number of hydrogen-bond donors (Lipinski definition) is 0. The molecule has 1 aromatic carbocycles. The lowest BCUT2D eigenvalue weighted by molar-refractivity contribution is 0.0450. The Bertz CT molecular complexity index is 293. The normalized spacial score (nSPS) is 11.7. The highest BCUT2D eigenvalue weighted by molar-refractivity contribution is 6.76. The van der Waals surface area contributed by atoms with Crippen molar-refractivity contribution in [3.63, 3.8) is 0 Å². The van der Waals surface area contributed by atoms with Crippen molar-refractivity contribution in [3.8, 4) is 0 Å². The Kier molecular flexibility index (Phi) is 6.48. The molecule has 0 aliphatic carbocycles. The molecular formula is C14H24O2Si. The van der Waals surface area contributed by atoms with Crippen molar-refractivity contribution in [1.82, 2.24) is 0 Å². The van der Waals surface area contributed by atoms with E-state index in [1.54, 1.807) is 0 Å². The first-order valence-corrected chi connectivity index (χ1v) is 9.98. The van der Waals surface area contributed by atoms with Crippen molar-refractivity contribution < 1.29 is 9.47 Å². The predicted octanol–water partition coefficient (Wildman–Crippen LogP) is 3.56. The van der Waals surface area contributed by atoms with Crippen LogP contribution in [0.5, 0.6) is 0 Å². The van der Waals surface area contributed by atoms with E-state index in [2.05, 4.69) is 31.8 Å². The van der Waals surface area contributed by atoms with Crippen molar-refractivity contribution in [2.75, 3.05) is 19.8 Å². The van der Waals surface area contributed by atoms with Gasteiger partial charge in [0.15, 0.2) is 0 Å². The van der Waals surface area contributed by atoms with E-state index in [1.807, 2.05) is 18.2 Å². The van der Waals surface area contributed by atoms with E-state index in [4.69, 9.17) is 9.47 Å². The van der Waals surface area contributed by atoms with Gasteiger partial charge in [-0.2, -0.15) is 0 Å². The molecule has 0 bridgehead atoms.